The highest BCUT2D eigenvalue weighted by Gasteiger charge is 2.24. The number of anilines is 1. The summed E-state index contributed by atoms with van der Waals surface area (Å²) >= 11 is 0. The summed E-state index contributed by atoms with van der Waals surface area (Å²) in [4.78, 5) is 39.1. The summed E-state index contributed by atoms with van der Waals surface area (Å²) < 4.78 is 10.6. The smallest absolute Gasteiger partial charge is 0.404 e. The Labute approximate surface area is 265 Å². The van der Waals surface area contributed by atoms with Crippen molar-refractivity contribution in [1.82, 2.24) is 9.80 Å². The van der Waals surface area contributed by atoms with Crippen molar-refractivity contribution in [2.75, 3.05) is 45.2 Å². The summed E-state index contributed by atoms with van der Waals surface area (Å²) in [6.07, 6.45) is 2.52. The molecule has 10 heteroatoms. The van der Waals surface area contributed by atoms with E-state index in [0.29, 0.717) is 18.7 Å². The first-order chi connectivity index (χ1) is 21.8. The number of amides is 3. The number of likely N-dealkylation sites (tertiary alicyclic amines) is 2. The van der Waals surface area contributed by atoms with Gasteiger partial charge in [-0.2, -0.15) is 0 Å². The van der Waals surface area contributed by atoms with Crippen LogP contribution in [0.15, 0.2) is 78.9 Å². The number of hydrogen-bond donors (Lipinski definition) is 3. The second kappa shape index (κ2) is 17.2. The van der Waals surface area contributed by atoms with Crippen LogP contribution < -0.4 is 21.5 Å². The third kappa shape index (κ3) is 10.9. The molecule has 0 radical (unpaired) electrons. The van der Waals surface area contributed by atoms with Crippen LogP contribution in [-0.2, 0) is 20.9 Å². The molecule has 0 aromatic heterocycles. The van der Waals surface area contributed by atoms with Crippen molar-refractivity contribution in [3.63, 3.8) is 0 Å². The minimum Gasteiger partial charge on any atom is -0.496 e. The predicted molar refractivity (Wildman–Crippen MR) is 175 cm³/mol. The topological polar surface area (TPSA) is 140 Å². The Bertz CT molecular complexity index is 1330. The molecule has 0 saturated carbocycles. The molecule has 45 heavy (non-hydrogen) atoms. The lowest BCUT2D eigenvalue weighted by Crippen LogP contribution is -2.39. The van der Waals surface area contributed by atoms with Crippen LogP contribution in [0.25, 0.3) is 11.1 Å². The fourth-order valence-corrected chi connectivity index (χ4v) is 5.73. The summed E-state index contributed by atoms with van der Waals surface area (Å²) in [7, 11) is 1.62. The maximum absolute atomic E-state index is 12.4. The van der Waals surface area contributed by atoms with Crippen LogP contribution in [-0.4, -0.2) is 73.6 Å². The third-order valence-corrected chi connectivity index (χ3v) is 8.31. The molecular weight excluding hydrogens is 570 g/mol. The molecule has 2 saturated heterocycles. The molecule has 2 heterocycles. The maximum Gasteiger partial charge on any atom is 0.404 e. The Morgan fingerprint density at radius 3 is 1.91 bits per heavy atom. The number of methoxy groups -OCH3 is 1. The van der Waals surface area contributed by atoms with E-state index >= 15 is 0 Å². The number of carbonyl (C=O) groups is 3. The van der Waals surface area contributed by atoms with Gasteiger partial charge in [0.15, 0.2) is 0 Å². The second-order valence-electron chi connectivity index (χ2n) is 11.5. The van der Waals surface area contributed by atoms with Crippen LogP contribution >= 0.6 is 0 Å². The molecule has 2 aliphatic rings. The summed E-state index contributed by atoms with van der Waals surface area (Å²) in [5.74, 6) is 0.416. The van der Waals surface area contributed by atoms with Crippen molar-refractivity contribution in [3.8, 4) is 16.9 Å². The minimum atomic E-state index is -0.734. The SMILES string of the molecule is COc1cc(NC(=O)CCN2CCC(OC(N)=O)CC2)ccc1CN1CCC(C(N)=O)CC1.c1ccc(-c2ccccc2)cc1. The van der Waals surface area contributed by atoms with E-state index < -0.39 is 6.09 Å². The Morgan fingerprint density at radius 1 is 0.800 bits per heavy atom. The number of hydrogen-bond acceptors (Lipinski definition) is 7. The van der Waals surface area contributed by atoms with Gasteiger partial charge in [0.2, 0.25) is 11.8 Å². The Morgan fingerprint density at radius 2 is 1.38 bits per heavy atom. The number of piperidine rings is 2. The van der Waals surface area contributed by atoms with Crippen molar-refractivity contribution in [3.05, 3.63) is 84.4 Å². The molecule has 3 amide bonds. The molecule has 0 atom stereocenters. The normalized spacial score (nSPS) is 16.2. The molecule has 3 aromatic carbocycles. The molecule has 0 bridgehead atoms. The van der Waals surface area contributed by atoms with E-state index in [2.05, 4.69) is 63.6 Å². The van der Waals surface area contributed by atoms with Gasteiger partial charge >= 0.3 is 6.09 Å². The van der Waals surface area contributed by atoms with Gasteiger partial charge in [-0.15, -0.1) is 0 Å². The number of primary amides is 2. The molecule has 0 unspecified atom stereocenters. The molecule has 10 nitrogen and oxygen atoms in total. The minimum absolute atomic E-state index is 0.0319. The zero-order valence-corrected chi connectivity index (χ0v) is 26.0. The number of ether oxygens (including phenoxy) is 2. The molecular formula is C35H45N5O5. The first kappa shape index (κ1) is 33.5. The first-order valence-electron chi connectivity index (χ1n) is 15.6. The predicted octanol–water partition coefficient (Wildman–Crippen LogP) is 4.63. The molecule has 0 aliphatic carbocycles. The van der Waals surface area contributed by atoms with Crippen LogP contribution in [0.5, 0.6) is 5.75 Å². The number of nitrogens with two attached hydrogens (primary N) is 2. The molecule has 2 fully saturated rings. The van der Waals surface area contributed by atoms with Gasteiger partial charge in [0, 0.05) is 55.8 Å². The van der Waals surface area contributed by atoms with Gasteiger partial charge in [0.25, 0.3) is 0 Å². The molecule has 3 aromatic rings. The second-order valence-corrected chi connectivity index (χ2v) is 11.5. The van der Waals surface area contributed by atoms with E-state index in [0.717, 1.165) is 69.7 Å². The van der Waals surface area contributed by atoms with Crippen LogP contribution in [0.2, 0.25) is 0 Å². The quantitative estimate of drug-likeness (QED) is 0.302. The van der Waals surface area contributed by atoms with Crippen molar-refractivity contribution < 1.29 is 23.9 Å². The summed E-state index contributed by atoms with van der Waals surface area (Å²) in [5.41, 5.74) is 14.8. The lowest BCUT2D eigenvalue weighted by Gasteiger charge is -2.31. The largest absolute Gasteiger partial charge is 0.496 e. The Kier molecular flexibility index (Phi) is 12.8. The fraction of sp³-hybridized carbons (Fsp3) is 0.400. The first-order valence-corrected chi connectivity index (χ1v) is 15.6. The molecule has 5 rings (SSSR count). The number of benzene rings is 3. The van der Waals surface area contributed by atoms with Crippen molar-refractivity contribution in [2.45, 2.75) is 44.8 Å². The molecule has 0 spiro atoms. The van der Waals surface area contributed by atoms with Crippen molar-refractivity contribution in [1.29, 1.82) is 0 Å². The number of rotatable bonds is 10. The molecule has 2 aliphatic heterocycles. The molecule has 240 valence electrons. The summed E-state index contributed by atoms with van der Waals surface area (Å²) in [6.45, 7) is 4.54. The van der Waals surface area contributed by atoms with Crippen LogP contribution in [0, 0.1) is 5.92 Å². The van der Waals surface area contributed by atoms with Gasteiger partial charge in [-0.1, -0.05) is 66.7 Å². The third-order valence-electron chi connectivity index (χ3n) is 8.31. The number of nitrogens with one attached hydrogen (secondary N) is 1. The highest BCUT2D eigenvalue weighted by molar-refractivity contribution is 5.91. The highest BCUT2D eigenvalue weighted by atomic mass is 16.6. The lowest BCUT2D eigenvalue weighted by molar-refractivity contribution is -0.123. The van der Waals surface area contributed by atoms with E-state index in [1.807, 2.05) is 30.3 Å². The van der Waals surface area contributed by atoms with E-state index in [1.165, 1.54) is 11.1 Å². The van der Waals surface area contributed by atoms with E-state index in [4.69, 9.17) is 20.9 Å². The Hall–Kier alpha value is -4.41. The zero-order valence-electron chi connectivity index (χ0n) is 26.0. The summed E-state index contributed by atoms with van der Waals surface area (Å²) in [5, 5.41) is 2.94. The van der Waals surface area contributed by atoms with Crippen LogP contribution in [0.1, 0.15) is 37.7 Å². The van der Waals surface area contributed by atoms with E-state index in [9.17, 15) is 14.4 Å². The summed E-state index contributed by atoms with van der Waals surface area (Å²) in [6, 6.07) is 26.5. The maximum atomic E-state index is 12.4. The average Bonchev–Trinajstić information content (AvgIpc) is 3.06. The standard InChI is InChI=1S/C23H35N5O5.C12H10/c1-32-20-14-18(3-2-17(20)15-28-9-4-16(5-10-28)22(24)30)26-21(29)8-13-27-11-6-19(7-12-27)33-23(25)31;1-3-7-11(8-4-1)12-9-5-2-6-10-12/h2-3,14,16,19H,4-13,15H2,1H3,(H2,24,30)(H2,25,31)(H,26,29);1-10H. The van der Waals surface area contributed by atoms with Gasteiger partial charge in [0.1, 0.15) is 11.9 Å². The van der Waals surface area contributed by atoms with Crippen LogP contribution in [0.4, 0.5) is 10.5 Å². The zero-order chi connectivity index (χ0) is 32.0. The fourth-order valence-electron chi connectivity index (χ4n) is 5.73. The van der Waals surface area contributed by atoms with Crippen molar-refractivity contribution >= 4 is 23.6 Å². The monoisotopic (exact) mass is 615 g/mol. The number of nitrogens with zero attached hydrogens (tertiary/aromatic N) is 2. The van der Waals surface area contributed by atoms with Gasteiger partial charge in [-0.3, -0.25) is 14.5 Å². The van der Waals surface area contributed by atoms with Gasteiger partial charge in [-0.05, 0) is 56.0 Å². The number of carbonyl (C=O) groups excluding carboxylic acids is 3. The van der Waals surface area contributed by atoms with Gasteiger partial charge < -0.3 is 31.2 Å². The van der Waals surface area contributed by atoms with E-state index in [-0.39, 0.29) is 23.8 Å². The van der Waals surface area contributed by atoms with Crippen molar-refractivity contribution in [2.24, 2.45) is 17.4 Å². The Balaban J connectivity index is 0.000000318. The highest BCUT2D eigenvalue weighted by Crippen LogP contribution is 2.27. The molecule has 5 N–H and O–H groups in total. The van der Waals surface area contributed by atoms with Crippen LogP contribution in [0.3, 0.4) is 0 Å². The van der Waals surface area contributed by atoms with Gasteiger partial charge in [0.05, 0.1) is 7.11 Å². The van der Waals surface area contributed by atoms with E-state index in [1.54, 1.807) is 7.11 Å². The van der Waals surface area contributed by atoms with Gasteiger partial charge in [-0.25, -0.2) is 4.79 Å². The lowest BCUT2D eigenvalue weighted by atomic mass is 9.96. The average molecular weight is 616 g/mol.